The molecule has 1 aliphatic rings. The van der Waals surface area contributed by atoms with Crippen molar-refractivity contribution < 1.29 is 9.90 Å². The first kappa shape index (κ1) is 15.0. The number of aryl methyl sites for hydroxylation is 1. The average Bonchev–Trinajstić information content (AvgIpc) is 3.05. The van der Waals surface area contributed by atoms with Gasteiger partial charge in [-0.2, -0.15) is 5.10 Å². The SMILES string of the molecule is CCc1[nH]nc(C(=O)NC[C@@H](O)CN2CCCC2)c1C. The van der Waals surface area contributed by atoms with E-state index in [1.165, 1.54) is 12.8 Å². The second kappa shape index (κ2) is 6.85. The van der Waals surface area contributed by atoms with Crippen LogP contribution in [-0.2, 0) is 6.42 Å². The van der Waals surface area contributed by atoms with Crippen molar-refractivity contribution in [2.24, 2.45) is 0 Å². The molecule has 0 spiro atoms. The van der Waals surface area contributed by atoms with Crippen molar-refractivity contribution in [2.45, 2.75) is 39.2 Å². The van der Waals surface area contributed by atoms with Gasteiger partial charge >= 0.3 is 0 Å². The van der Waals surface area contributed by atoms with Crippen molar-refractivity contribution in [3.8, 4) is 0 Å². The lowest BCUT2D eigenvalue weighted by atomic mass is 10.1. The molecule has 2 heterocycles. The lowest BCUT2D eigenvalue weighted by molar-refractivity contribution is 0.0874. The summed E-state index contributed by atoms with van der Waals surface area (Å²) in [5.74, 6) is -0.223. The number of amides is 1. The second-order valence-electron chi connectivity index (χ2n) is 5.40. The summed E-state index contributed by atoms with van der Waals surface area (Å²) < 4.78 is 0. The molecule has 6 heteroatoms. The highest BCUT2D eigenvalue weighted by molar-refractivity contribution is 5.93. The molecular formula is C14H24N4O2. The maximum Gasteiger partial charge on any atom is 0.272 e. The van der Waals surface area contributed by atoms with Gasteiger partial charge in [-0.05, 0) is 39.3 Å². The average molecular weight is 280 g/mol. The van der Waals surface area contributed by atoms with E-state index in [2.05, 4.69) is 20.4 Å². The van der Waals surface area contributed by atoms with Gasteiger partial charge in [0.05, 0.1) is 6.10 Å². The fraction of sp³-hybridized carbons (Fsp3) is 0.714. The van der Waals surface area contributed by atoms with Gasteiger partial charge in [0.1, 0.15) is 0 Å². The van der Waals surface area contributed by atoms with E-state index in [0.717, 1.165) is 30.8 Å². The van der Waals surface area contributed by atoms with Gasteiger partial charge in [-0.3, -0.25) is 9.89 Å². The number of rotatable bonds is 6. The molecule has 0 unspecified atom stereocenters. The number of hydrogen-bond acceptors (Lipinski definition) is 4. The first-order valence-electron chi connectivity index (χ1n) is 7.34. The second-order valence-corrected chi connectivity index (χ2v) is 5.40. The van der Waals surface area contributed by atoms with E-state index in [4.69, 9.17) is 0 Å². The summed E-state index contributed by atoms with van der Waals surface area (Å²) in [7, 11) is 0. The van der Waals surface area contributed by atoms with Crippen LogP contribution in [0, 0.1) is 6.92 Å². The van der Waals surface area contributed by atoms with E-state index in [1.807, 2.05) is 13.8 Å². The summed E-state index contributed by atoms with van der Waals surface area (Å²) in [5.41, 5.74) is 2.29. The van der Waals surface area contributed by atoms with E-state index in [9.17, 15) is 9.90 Å². The number of carbonyl (C=O) groups is 1. The highest BCUT2D eigenvalue weighted by atomic mass is 16.3. The highest BCUT2D eigenvalue weighted by Gasteiger charge is 2.18. The molecule has 0 bridgehead atoms. The van der Waals surface area contributed by atoms with Crippen LogP contribution in [0.1, 0.15) is 41.5 Å². The summed E-state index contributed by atoms with van der Waals surface area (Å²) in [6.45, 7) is 6.88. The van der Waals surface area contributed by atoms with Crippen LogP contribution < -0.4 is 5.32 Å². The third kappa shape index (κ3) is 3.58. The molecule has 1 aromatic rings. The van der Waals surface area contributed by atoms with Gasteiger partial charge in [0, 0.05) is 24.3 Å². The number of hydrogen-bond donors (Lipinski definition) is 3. The van der Waals surface area contributed by atoms with Crippen LogP contribution in [0.5, 0.6) is 0 Å². The fourth-order valence-electron chi connectivity index (χ4n) is 2.62. The quantitative estimate of drug-likeness (QED) is 0.707. The minimum atomic E-state index is -0.526. The minimum Gasteiger partial charge on any atom is -0.390 e. The monoisotopic (exact) mass is 280 g/mol. The topological polar surface area (TPSA) is 81.2 Å². The number of likely N-dealkylation sites (tertiary alicyclic amines) is 1. The van der Waals surface area contributed by atoms with E-state index < -0.39 is 6.10 Å². The van der Waals surface area contributed by atoms with Crippen molar-refractivity contribution in [1.82, 2.24) is 20.4 Å². The Labute approximate surface area is 119 Å². The Hall–Kier alpha value is -1.40. The van der Waals surface area contributed by atoms with Gasteiger partial charge in [0.25, 0.3) is 5.91 Å². The van der Waals surface area contributed by atoms with E-state index >= 15 is 0 Å². The molecule has 20 heavy (non-hydrogen) atoms. The zero-order chi connectivity index (χ0) is 14.5. The van der Waals surface area contributed by atoms with Gasteiger partial charge in [-0.25, -0.2) is 0 Å². The normalized spacial score (nSPS) is 17.4. The standard InChI is InChI=1S/C14H24N4O2/c1-3-12-10(2)13(17-16-12)14(20)15-8-11(19)9-18-6-4-5-7-18/h11,19H,3-9H2,1-2H3,(H,15,20)(H,16,17)/t11-/m1/s1. The van der Waals surface area contributed by atoms with Crippen molar-refractivity contribution >= 4 is 5.91 Å². The number of H-pyrrole nitrogens is 1. The number of aliphatic hydroxyl groups excluding tert-OH is 1. The lowest BCUT2D eigenvalue weighted by Crippen LogP contribution is -2.39. The van der Waals surface area contributed by atoms with Gasteiger partial charge in [-0.1, -0.05) is 6.92 Å². The predicted octanol–water partition coefficient (Wildman–Crippen LogP) is 0.467. The molecule has 3 N–H and O–H groups in total. The molecule has 0 aromatic carbocycles. The number of nitrogens with one attached hydrogen (secondary N) is 2. The number of carbonyl (C=O) groups excluding carboxylic acids is 1. The minimum absolute atomic E-state index is 0.223. The maximum absolute atomic E-state index is 12.0. The van der Waals surface area contributed by atoms with Crippen LogP contribution in [0.15, 0.2) is 0 Å². The smallest absolute Gasteiger partial charge is 0.272 e. The third-order valence-corrected chi connectivity index (χ3v) is 3.85. The number of nitrogens with zero attached hydrogens (tertiary/aromatic N) is 2. The third-order valence-electron chi connectivity index (χ3n) is 3.85. The molecule has 2 rings (SSSR count). The molecular weight excluding hydrogens is 256 g/mol. The van der Waals surface area contributed by atoms with Crippen LogP contribution in [0.4, 0.5) is 0 Å². The maximum atomic E-state index is 12.0. The highest BCUT2D eigenvalue weighted by Crippen LogP contribution is 2.10. The van der Waals surface area contributed by atoms with Crippen molar-refractivity contribution in [2.75, 3.05) is 26.2 Å². The fourth-order valence-corrected chi connectivity index (χ4v) is 2.62. The number of β-amino-alcohol motifs (C(OH)–C–C–N with tert-alkyl or cyclic N) is 1. The summed E-state index contributed by atoms with van der Waals surface area (Å²) in [4.78, 5) is 14.2. The molecule has 0 radical (unpaired) electrons. The zero-order valence-electron chi connectivity index (χ0n) is 12.3. The summed E-state index contributed by atoms with van der Waals surface area (Å²) in [6.07, 6.45) is 2.70. The van der Waals surface area contributed by atoms with Gasteiger partial charge in [-0.15, -0.1) is 0 Å². The molecule has 6 nitrogen and oxygen atoms in total. The number of aliphatic hydroxyl groups is 1. The molecule has 0 aliphatic carbocycles. The lowest BCUT2D eigenvalue weighted by Gasteiger charge is -2.19. The summed E-state index contributed by atoms with van der Waals surface area (Å²) in [6, 6.07) is 0. The Morgan fingerprint density at radius 3 is 2.80 bits per heavy atom. The summed E-state index contributed by atoms with van der Waals surface area (Å²) >= 11 is 0. The molecule has 1 amide bonds. The molecule has 1 fully saturated rings. The Morgan fingerprint density at radius 2 is 2.20 bits per heavy atom. The van der Waals surface area contributed by atoms with Crippen molar-refractivity contribution in [3.05, 3.63) is 17.0 Å². The predicted molar refractivity (Wildman–Crippen MR) is 76.7 cm³/mol. The number of aromatic nitrogens is 2. The molecule has 1 atom stereocenters. The van der Waals surface area contributed by atoms with Crippen molar-refractivity contribution in [1.29, 1.82) is 0 Å². The van der Waals surface area contributed by atoms with E-state index in [0.29, 0.717) is 12.2 Å². The summed E-state index contributed by atoms with van der Waals surface area (Å²) in [5, 5.41) is 19.6. The Morgan fingerprint density at radius 1 is 1.50 bits per heavy atom. The Bertz CT molecular complexity index is 452. The van der Waals surface area contributed by atoms with Crippen molar-refractivity contribution in [3.63, 3.8) is 0 Å². The molecule has 1 aliphatic heterocycles. The Kier molecular flexibility index (Phi) is 5.14. The molecule has 1 aromatic heterocycles. The first-order chi connectivity index (χ1) is 9.61. The first-order valence-corrected chi connectivity index (χ1v) is 7.34. The number of aromatic amines is 1. The zero-order valence-corrected chi connectivity index (χ0v) is 12.3. The van der Waals surface area contributed by atoms with E-state index in [1.54, 1.807) is 0 Å². The van der Waals surface area contributed by atoms with Gasteiger partial charge in [0.15, 0.2) is 5.69 Å². The van der Waals surface area contributed by atoms with Crippen LogP contribution in [0.25, 0.3) is 0 Å². The van der Waals surface area contributed by atoms with Crippen LogP contribution in [-0.4, -0.2) is 58.4 Å². The van der Waals surface area contributed by atoms with Crippen LogP contribution in [0.3, 0.4) is 0 Å². The van der Waals surface area contributed by atoms with E-state index in [-0.39, 0.29) is 12.5 Å². The van der Waals surface area contributed by atoms with Crippen LogP contribution >= 0.6 is 0 Å². The molecule has 0 saturated carbocycles. The molecule has 1 saturated heterocycles. The molecule has 112 valence electrons. The largest absolute Gasteiger partial charge is 0.390 e. The van der Waals surface area contributed by atoms with Gasteiger partial charge in [0.2, 0.25) is 0 Å². The van der Waals surface area contributed by atoms with Crippen LogP contribution in [0.2, 0.25) is 0 Å². The Balaban J connectivity index is 1.80. The van der Waals surface area contributed by atoms with Gasteiger partial charge < -0.3 is 15.3 Å².